The molecule has 0 amide bonds. The minimum Gasteiger partial charge on any atom is -0.508 e. The molecular weight excluding hydrogens is 394 g/mol. The molecule has 6 N–H and O–H groups in total. The van der Waals surface area contributed by atoms with Crippen LogP contribution in [0.15, 0.2) is 36.9 Å². The summed E-state index contributed by atoms with van der Waals surface area (Å²) in [4.78, 5) is 12.7. The quantitative estimate of drug-likeness (QED) is 0.313. The third kappa shape index (κ3) is 3.57. The summed E-state index contributed by atoms with van der Waals surface area (Å²) in [5, 5.41) is 52.9. The molecule has 4 unspecified atom stereocenters. The number of hydrogen-bond donors (Lipinski definition) is 6. The molecule has 30 heavy (non-hydrogen) atoms. The number of rotatable bonds is 6. The number of nitrogens with one attached hydrogen (secondary N) is 1. The molecule has 3 aromatic rings. The number of ether oxygens (including phenoxy) is 1. The number of aromatic hydroxyl groups is 1. The smallest absolute Gasteiger partial charge is 0.167 e. The molecule has 1 aromatic carbocycles. The van der Waals surface area contributed by atoms with Gasteiger partial charge < -0.3 is 35.6 Å². The third-order valence-electron chi connectivity index (χ3n) is 5.20. The van der Waals surface area contributed by atoms with Gasteiger partial charge in [0, 0.05) is 0 Å². The lowest BCUT2D eigenvalue weighted by atomic mass is 10.0. The lowest BCUT2D eigenvalue weighted by Gasteiger charge is -2.21. The average molecular weight is 417 g/mol. The zero-order valence-electron chi connectivity index (χ0n) is 16.1. The first-order valence-corrected chi connectivity index (χ1v) is 9.44. The maximum Gasteiger partial charge on any atom is 0.167 e. The highest BCUT2D eigenvalue weighted by Crippen LogP contribution is 2.32. The van der Waals surface area contributed by atoms with Crippen molar-refractivity contribution < 1.29 is 30.3 Å². The number of phenols is 1. The van der Waals surface area contributed by atoms with Gasteiger partial charge >= 0.3 is 0 Å². The lowest BCUT2D eigenvalue weighted by molar-refractivity contribution is -0.0511. The van der Waals surface area contributed by atoms with Crippen molar-refractivity contribution in [1.29, 1.82) is 0 Å². The number of fused-ring (bicyclic) bond motifs is 1. The molecule has 160 valence electrons. The van der Waals surface area contributed by atoms with E-state index in [1.807, 2.05) is 0 Å². The normalized spacial score (nSPS) is 26.0. The van der Waals surface area contributed by atoms with E-state index in [-0.39, 0.29) is 5.75 Å². The van der Waals surface area contributed by atoms with Crippen molar-refractivity contribution in [3.05, 3.63) is 42.5 Å². The van der Waals surface area contributed by atoms with Crippen molar-refractivity contribution in [2.45, 2.75) is 43.6 Å². The molecule has 1 saturated heterocycles. The van der Waals surface area contributed by atoms with Gasteiger partial charge in [0.05, 0.1) is 25.1 Å². The molecule has 1 aliphatic rings. The van der Waals surface area contributed by atoms with Gasteiger partial charge in [0.25, 0.3) is 0 Å². The first-order valence-electron chi connectivity index (χ1n) is 9.44. The monoisotopic (exact) mass is 417 g/mol. The Morgan fingerprint density at radius 3 is 2.70 bits per heavy atom. The van der Waals surface area contributed by atoms with Gasteiger partial charge in [0.1, 0.15) is 30.4 Å². The number of anilines is 1. The van der Waals surface area contributed by atoms with Crippen molar-refractivity contribution in [2.75, 3.05) is 11.9 Å². The van der Waals surface area contributed by atoms with Gasteiger partial charge in [0.2, 0.25) is 0 Å². The van der Waals surface area contributed by atoms with Crippen molar-refractivity contribution in [1.82, 2.24) is 19.5 Å². The van der Waals surface area contributed by atoms with Crippen molar-refractivity contribution in [3.8, 4) is 5.75 Å². The van der Waals surface area contributed by atoms with Crippen LogP contribution in [0.4, 0.5) is 5.82 Å². The Balaban J connectivity index is 1.59. The highest BCUT2D eigenvalue weighted by atomic mass is 16.6. The molecule has 0 saturated carbocycles. The summed E-state index contributed by atoms with van der Waals surface area (Å²) >= 11 is 0. The van der Waals surface area contributed by atoms with Gasteiger partial charge in [-0.2, -0.15) is 0 Å². The Hall–Kier alpha value is -2.83. The predicted molar refractivity (Wildman–Crippen MR) is 104 cm³/mol. The number of hydrogen-bond acceptors (Lipinski definition) is 10. The van der Waals surface area contributed by atoms with E-state index in [0.29, 0.717) is 22.5 Å². The summed E-state index contributed by atoms with van der Waals surface area (Å²) < 4.78 is 7.00. The Kier molecular flexibility index (Phi) is 5.54. The largest absolute Gasteiger partial charge is 0.508 e. The van der Waals surface area contributed by atoms with E-state index in [2.05, 4.69) is 20.3 Å². The van der Waals surface area contributed by atoms with E-state index in [0.717, 1.165) is 0 Å². The number of aromatic nitrogens is 4. The van der Waals surface area contributed by atoms with E-state index in [9.17, 15) is 25.5 Å². The van der Waals surface area contributed by atoms with Gasteiger partial charge in [-0.3, -0.25) is 4.57 Å². The van der Waals surface area contributed by atoms with Crippen LogP contribution in [0.25, 0.3) is 11.2 Å². The van der Waals surface area contributed by atoms with Crippen molar-refractivity contribution >= 4 is 17.0 Å². The van der Waals surface area contributed by atoms with Crippen molar-refractivity contribution in [3.63, 3.8) is 0 Å². The number of aliphatic hydroxyl groups excluding tert-OH is 4. The molecule has 0 radical (unpaired) electrons. The topological polar surface area (TPSA) is 166 Å². The molecule has 11 nitrogen and oxygen atoms in total. The molecule has 2 aromatic heterocycles. The third-order valence-corrected chi connectivity index (χ3v) is 5.20. The molecule has 0 aliphatic carbocycles. The van der Waals surface area contributed by atoms with Crippen LogP contribution in [0.1, 0.15) is 24.8 Å². The van der Waals surface area contributed by atoms with Gasteiger partial charge in [-0.05, 0) is 24.6 Å². The van der Waals surface area contributed by atoms with Crippen LogP contribution in [0, 0.1) is 0 Å². The van der Waals surface area contributed by atoms with Crippen molar-refractivity contribution in [2.24, 2.45) is 0 Å². The Morgan fingerprint density at radius 2 is 2.00 bits per heavy atom. The first-order chi connectivity index (χ1) is 14.4. The molecule has 6 atom stereocenters. The molecule has 3 heterocycles. The van der Waals surface area contributed by atoms with Gasteiger partial charge in [0.15, 0.2) is 23.2 Å². The zero-order valence-corrected chi connectivity index (χ0v) is 16.1. The number of phenolic OH excluding ortho intramolecular Hbond substituents is 1. The highest BCUT2D eigenvalue weighted by Gasteiger charge is 2.44. The number of benzene rings is 1. The van der Waals surface area contributed by atoms with Crippen LogP contribution in [0.2, 0.25) is 0 Å². The van der Waals surface area contributed by atoms with Crippen LogP contribution >= 0.6 is 0 Å². The second-order valence-electron chi connectivity index (χ2n) is 7.25. The molecule has 0 bridgehead atoms. The van der Waals surface area contributed by atoms with Gasteiger partial charge in [-0.15, -0.1) is 0 Å². The van der Waals surface area contributed by atoms with Crippen LogP contribution in [-0.4, -0.2) is 76.0 Å². The summed E-state index contributed by atoms with van der Waals surface area (Å²) in [6.07, 6.45) is -2.62. The van der Waals surface area contributed by atoms with E-state index >= 15 is 0 Å². The highest BCUT2D eigenvalue weighted by molar-refractivity contribution is 5.82. The molecular formula is C19H23N5O6. The van der Waals surface area contributed by atoms with E-state index in [1.165, 1.54) is 29.4 Å². The van der Waals surface area contributed by atoms with Gasteiger partial charge in [-0.1, -0.05) is 12.1 Å². The number of nitrogens with zero attached hydrogens (tertiary/aromatic N) is 4. The molecule has 0 spiro atoms. The summed E-state index contributed by atoms with van der Waals surface area (Å²) in [6, 6.07) is 5.87. The minimum atomic E-state index is -1.27. The van der Waals surface area contributed by atoms with Gasteiger partial charge in [-0.25, -0.2) is 15.0 Å². The number of aliphatic hydroxyl groups is 4. The molecule has 1 fully saturated rings. The second kappa shape index (κ2) is 8.13. The maximum atomic E-state index is 10.6. The lowest BCUT2D eigenvalue weighted by Crippen LogP contribution is -2.33. The predicted octanol–water partition coefficient (Wildman–Crippen LogP) is -0.323. The maximum absolute atomic E-state index is 10.6. The van der Waals surface area contributed by atoms with E-state index in [4.69, 9.17) is 4.74 Å². The Labute approximate surface area is 171 Å². The summed E-state index contributed by atoms with van der Waals surface area (Å²) in [7, 11) is 0. The number of imidazole rings is 1. The second-order valence-corrected chi connectivity index (χ2v) is 7.25. The minimum absolute atomic E-state index is 0.0559. The Morgan fingerprint density at radius 1 is 1.20 bits per heavy atom. The molecule has 4 rings (SSSR count). The standard InChI is InChI=1S/C19H23N5O6/c1-9(14(27)10-3-2-4-11(26)5-10)23-17-13-18(21-7-20-17)24(8-22-13)19-16(29)15(28)12(6-25)30-19/h2-5,7-9,12,14-16,19,25-29H,6H2,1H3,(H,20,21,23)/t9-,12?,14-,15?,16?,19?/m0/s1. The molecule has 11 heteroatoms. The van der Waals surface area contributed by atoms with Crippen LogP contribution < -0.4 is 5.32 Å². The average Bonchev–Trinajstić information content (AvgIpc) is 3.29. The SMILES string of the molecule is C[C@H](Nc1ncnc2c1ncn2C1OC(CO)C(O)C1O)[C@H](O)c1cccc(O)c1. The molecule has 1 aliphatic heterocycles. The first kappa shape index (κ1) is 20.4. The van der Waals surface area contributed by atoms with Crippen LogP contribution in [0.5, 0.6) is 5.75 Å². The fourth-order valence-corrected chi connectivity index (χ4v) is 3.55. The zero-order chi connectivity index (χ0) is 21.4. The van der Waals surface area contributed by atoms with Crippen LogP contribution in [-0.2, 0) is 4.74 Å². The summed E-state index contributed by atoms with van der Waals surface area (Å²) in [5.41, 5.74) is 1.27. The summed E-state index contributed by atoms with van der Waals surface area (Å²) in [6.45, 7) is 1.32. The van der Waals surface area contributed by atoms with E-state index < -0.39 is 43.3 Å². The Bertz CT molecular complexity index is 1030. The van der Waals surface area contributed by atoms with Crippen LogP contribution in [0.3, 0.4) is 0 Å². The fraction of sp³-hybridized carbons (Fsp3) is 0.421. The van der Waals surface area contributed by atoms with E-state index in [1.54, 1.807) is 19.1 Å². The fourth-order valence-electron chi connectivity index (χ4n) is 3.55. The summed E-state index contributed by atoms with van der Waals surface area (Å²) in [5.74, 6) is 0.414.